The Labute approximate surface area is 152 Å². The van der Waals surface area contributed by atoms with Crippen molar-refractivity contribution in [1.82, 2.24) is 10.6 Å². The topological polar surface area (TPSA) is 165 Å². The molecular formula is C16H26N2O8. The first-order valence-electron chi connectivity index (χ1n) is 8.75. The van der Waals surface area contributed by atoms with E-state index in [0.717, 1.165) is 19.4 Å². The molecule has 2 amide bonds. The monoisotopic (exact) mass is 375 g/mol. The van der Waals surface area contributed by atoms with Crippen molar-refractivity contribution in [2.45, 2.75) is 63.6 Å². The lowest BCUT2D eigenvalue weighted by Crippen LogP contribution is -2.60. The Hall–Kier alpha value is -2.17. The highest BCUT2D eigenvalue weighted by molar-refractivity contribution is 5.84. The van der Waals surface area contributed by atoms with Crippen LogP contribution < -0.4 is 10.6 Å². The van der Waals surface area contributed by atoms with Crippen molar-refractivity contribution in [2.24, 2.45) is 0 Å². The molecule has 0 fully saturated rings. The summed E-state index contributed by atoms with van der Waals surface area (Å²) < 4.78 is 12.8. The second-order valence-corrected chi connectivity index (χ2v) is 6.03. The van der Waals surface area contributed by atoms with Gasteiger partial charge in [-0.2, -0.15) is 0 Å². The summed E-state index contributed by atoms with van der Waals surface area (Å²) in [6.07, 6.45) is -4.15. The molecule has 0 spiro atoms. The molecule has 0 saturated heterocycles. The number of carboxylic acids is 1. The largest absolute Gasteiger partial charge is 0.478 e. The molecule has 1 aliphatic rings. The van der Waals surface area contributed by atoms with Gasteiger partial charge in [-0.1, -0.05) is 13.3 Å². The minimum Gasteiger partial charge on any atom is -0.478 e. The molecule has 1 aliphatic heterocycles. The van der Waals surface area contributed by atoms with Crippen LogP contribution in [0.5, 0.6) is 0 Å². The van der Waals surface area contributed by atoms with Crippen molar-refractivity contribution in [3.63, 3.8) is 0 Å². The lowest BCUT2D eigenvalue weighted by Gasteiger charge is -2.38. The first-order valence-corrected chi connectivity index (χ1v) is 8.30. The third-order valence-electron chi connectivity index (χ3n) is 3.82. The molecule has 0 aliphatic carbocycles. The van der Waals surface area contributed by atoms with Gasteiger partial charge in [0.25, 0.3) is 0 Å². The number of carbonyl (C=O) groups is 3. The van der Waals surface area contributed by atoms with E-state index >= 15 is 0 Å². The van der Waals surface area contributed by atoms with E-state index in [-0.39, 0.29) is 6.42 Å². The van der Waals surface area contributed by atoms with E-state index in [1.54, 1.807) is 0 Å². The van der Waals surface area contributed by atoms with E-state index < -0.39 is 60.5 Å². The van der Waals surface area contributed by atoms with Gasteiger partial charge in [-0.15, -0.1) is 0 Å². The van der Waals surface area contributed by atoms with Crippen molar-refractivity contribution in [1.29, 1.82) is 0 Å². The van der Waals surface area contributed by atoms with E-state index in [2.05, 4.69) is 5.32 Å². The fourth-order valence-corrected chi connectivity index (χ4v) is 2.45. The second kappa shape index (κ2) is 10.1. The van der Waals surface area contributed by atoms with E-state index in [1.165, 1.54) is 0 Å². The highest BCUT2D eigenvalue weighted by Crippen LogP contribution is 2.22. The first-order chi connectivity index (χ1) is 12.6. The van der Waals surface area contributed by atoms with Crippen LogP contribution in [0.4, 0.5) is 0 Å². The molecule has 10 heteroatoms. The first kappa shape index (κ1) is 20.1. The lowest BCUT2D eigenvalue weighted by molar-refractivity contribution is -0.147. The van der Waals surface area contributed by atoms with Gasteiger partial charge in [-0.05, 0) is 12.5 Å². The van der Waals surface area contributed by atoms with Crippen LogP contribution in [0.25, 0.3) is 0 Å². The Morgan fingerprint density at radius 1 is 1.38 bits per heavy atom. The van der Waals surface area contributed by atoms with Gasteiger partial charge >= 0.3 is 5.97 Å². The number of hydrogen-bond acceptors (Lipinski definition) is 7. The molecule has 6 N–H and O–H groups in total. The summed E-state index contributed by atoms with van der Waals surface area (Å²) in [7, 11) is 0. The zero-order valence-corrected chi connectivity index (χ0v) is 14.7. The van der Waals surface area contributed by atoms with Crippen molar-refractivity contribution >= 4 is 17.8 Å². The van der Waals surface area contributed by atoms with Crippen LogP contribution in [0.1, 0.15) is 33.1 Å². The van der Waals surface area contributed by atoms with E-state index in [1.807, 2.05) is 6.92 Å². The number of carbonyl (C=O) groups excluding carboxylic acids is 2. The summed E-state index contributed by atoms with van der Waals surface area (Å²) in [4.78, 5) is 34.2. The van der Waals surface area contributed by atoms with Gasteiger partial charge in [0.05, 0.1) is 6.04 Å². The normalized spacial score (nSPS) is 25.2. The molecule has 0 saturated carbocycles. The van der Waals surface area contributed by atoms with Gasteiger partial charge < -0.3 is 35.8 Å². The molecule has 1 rings (SSSR count). The molecule has 0 aromatic carbocycles. The van der Waals surface area contributed by atoms with E-state index in [0.29, 0.717) is 11.7 Å². The van der Waals surface area contributed by atoms with Crippen LogP contribution in [-0.4, -0.2) is 75.2 Å². The van der Waals surface area contributed by atoms with Crippen LogP contribution >= 0.6 is 0 Å². The molecule has 0 unspecified atom stereocenters. The molecular weight excluding hydrogens is 348 g/mol. The standard InChI is InChI=1S/C16H26N2O8/c1-3-4-5-12(22)17-7-10(21)14(23)15-13(18-8(2)19)9(20)6-11(26-15)16(24)25/h6,9-10,13-15,20-21,23H,3-5,7H2,1-2H3,(H,17,22)(H,18,19)(H,24,25)/t9-,10+,13+,14+,15+/m0/s1/i/hD. The van der Waals surface area contributed by atoms with Crippen molar-refractivity contribution in [3.8, 4) is 0 Å². The summed E-state index contributed by atoms with van der Waals surface area (Å²) in [5, 5.41) is 42.5. The van der Waals surface area contributed by atoms with Crippen LogP contribution in [0.15, 0.2) is 11.8 Å². The van der Waals surface area contributed by atoms with Gasteiger partial charge in [0, 0.05) is 19.9 Å². The maximum atomic E-state index is 11.8. The number of ether oxygens (including phenoxy) is 1. The molecule has 148 valence electrons. The fraction of sp³-hybridized carbons (Fsp3) is 0.688. The zero-order valence-electron chi connectivity index (χ0n) is 15.7. The van der Waals surface area contributed by atoms with Gasteiger partial charge in [-0.3, -0.25) is 9.59 Å². The Bertz CT molecular complexity index is 585. The Kier molecular flexibility index (Phi) is 7.82. The average Bonchev–Trinajstić information content (AvgIpc) is 2.59. The lowest BCUT2D eigenvalue weighted by atomic mass is 9.93. The minimum atomic E-state index is -1.79. The highest BCUT2D eigenvalue weighted by Gasteiger charge is 2.43. The Morgan fingerprint density at radius 3 is 2.58 bits per heavy atom. The summed E-state index contributed by atoms with van der Waals surface area (Å²) in [6, 6.07) is -1.23. The molecule has 0 aromatic rings. The average molecular weight is 375 g/mol. The number of aliphatic hydroxyl groups excluding tert-OH is 3. The molecule has 0 radical (unpaired) electrons. The van der Waals surface area contributed by atoms with Crippen molar-refractivity contribution in [3.05, 3.63) is 11.8 Å². The third kappa shape index (κ3) is 6.28. The molecule has 0 bridgehead atoms. The van der Waals surface area contributed by atoms with E-state index in [4.69, 9.17) is 11.3 Å². The Balaban J connectivity index is 2.90. The van der Waals surface area contributed by atoms with Crippen molar-refractivity contribution in [2.75, 3.05) is 6.54 Å². The van der Waals surface area contributed by atoms with Gasteiger partial charge in [0.15, 0.2) is 7.52 Å². The third-order valence-corrected chi connectivity index (χ3v) is 3.82. The molecule has 0 aromatic heterocycles. The predicted molar refractivity (Wildman–Crippen MR) is 88.8 cm³/mol. The summed E-state index contributed by atoms with van der Waals surface area (Å²) >= 11 is 0. The number of unbranched alkanes of at least 4 members (excludes halogenated alkanes) is 1. The maximum Gasteiger partial charge on any atom is 0.370 e. The quantitative estimate of drug-likeness (QED) is 0.276. The summed E-state index contributed by atoms with van der Waals surface area (Å²) in [5.74, 6) is -3.27. The predicted octanol–water partition coefficient (Wildman–Crippen LogP) is -1.75. The second-order valence-electron chi connectivity index (χ2n) is 6.03. The number of amides is 2. The van der Waals surface area contributed by atoms with Crippen molar-refractivity contribution < 1.29 is 41.0 Å². The number of aliphatic carboxylic acids is 1. The number of hydrogen-bond donors (Lipinski definition) is 6. The smallest absolute Gasteiger partial charge is 0.370 e. The van der Waals surface area contributed by atoms with Crippen LogP contribution in [0.2, 0.25) is 1.41 Å². The number of aliphatic hydroxyl groups is 3. The summed E-state index contributed by atoms with van der Waals surface area (Å²) in [5.41, 5.74) is 0. The SMILES string of the molecule is [2H]N(C[C@@H](O)[C@@H](O)[C@@H]1OC(C(=O)O)=C[C@H](O)[C@H]1NC(C)=O)C(=O)CCCC. The minimum absolute atomic E-state index is 0.113. The molecule has 10 nitrogen and oxygen atoms in total. The fourth-order valence-electron chi connectivity index (χ4n) is 2.45. The molecule has 1 heterocycles. The number of nitrogens with one attached hydrogen (secondary N) is 2. The number of carboxylic acid groups (broad SMARTS) is 1. The maximum absolute atomic E-state index is 11.8. The Morgan fingerprint density at radius 2 is 2.04 bits per heavy atom. The van der Waals surface area contributed by atoms with Crippen LogP contribution in [0.3, 0.4) is 0 Å². The molecule has 26 heavy (non-hydrogen) atoms. The van der Waals surface area contributed by atoms with Gasteiger partial charge in [-0.25, -0.2) is 4.79 Å². The molecule has 5 atom stereocenters. The zero-order chi connectivity index (χ0) is 20.7. The van der Waals surface area contributed by atoms with Crippen LogP contribution in [0, 0.1) is 0 Å². The van der Waals surface area contributed by atoms with Gasteiger partial charge in [0.2, 0.25) is 17.6 Å². The van der Waals surface area contributed by atoms with Crippen LogP contribution in [-0.2, 0) is 19.1 Å². The number of rotatable bonds is 9. The van der Waals surface area contributed by atoms with Gasteiger partial charge in [0.1, 0.15) is 18.3 Å². The summed E-state index contributed by atoms with van der Waals surface area (Å²) in [6.45, 7) is 2.47. The van der Waals surface area contributed by atoms with E-state index in [9.17, 15) is 29.7 Å². The highest BCUT2D eigenvalue weighted by atomic mass is 16.5.